The molecule has 0 aliphatic heterocycles. The lowest BCUT2D eigenvalue weighted by Gasteiger charge is -2.22. The number of hydrogen-bond acceptors (Lipinski definition) is 6. The van der Waals surface area contributed by atoms with Gasteiger partial charge in [0.1, 0.15) is 18.5 Å². The second-order valence-corrected chi connectivity index (χ2v) is 5.63. The van der Waals surface area contributed by atoms with E-state index in [1.165, 1.54) is 15.8 Å². The molecule has 1 aromatic carbocycles. The molecule has 0 aliphatic carbocycles. The molecule has 142 valence electrons. The van der Waals surface area contributed by atoms with Crippen LogP contribution >= 0.6 is 0 Å². The number of aliphatic hydroxyl groups is 1. The smallest absolute Gasteiger partial charge is 0.416 e. The van der Waals surface area contributed by atoms with Crippen molar-refractivity contribution in [3.63, 3.8) is 0 Å². The van der Waals surface area contributed by atoms with Crippen LogP contribution in [0.3, 0.4) is 0 Å². The standard InChI is InChI=1S/C15H17F3N4O4/c1-20(14-13(22(24)25)19-9-21(14)2)7-11(23)8-26-12-5-3-10(4-6-12)15(16,17)18/h3-6,9,11,23H,7-8H2,1-2H3. The molecule has 0 radical (unpaired) electrons. The van der Waals surface area contributed by atoms with Crippen LogP contribution in [0.4, 0.5) is 24.8 Å². The molecular formula is C15H17F3N4O4. The number of halogens is 3. The van der Waals surface area contributed by atoms with Crippen molar-refractivity contribution in [3.05, 3.63) is 46.3 Å². The van der Waals surface area contributed by atoms with Crippen molar-refractivity contribution in [2.24, 2.45) is 7.05 Å². The summed E-state index contributed by atoms with van der Waals surface area (Å²) in [7, 11) is 3.13. The fourth-order valence-corrected chi connectivity index (χ4v) is 2.37. The van der Waals surface area contributed by atoms with Gasteiger partial charge < -0.3 is 24.9 Å². The largest absolute Gasteiger partial charge is 0.491 e. The minimum atomic E-state index is -4.43. The first-order valence-electron chi connectivity index (χ1n) is 7.44. The number of alkyl halides is 3. The number of aryl methyl sites for hydroxylation is 1. The maximum atomic E-state index is 12.5. The van der Waals surface area contributed by atoms with Gasteiger partial charge in [-0.25, -0.2) is 0 Å². The van der Waals surface area contributed by atoms with E-state index in [-0.39, 0.29) is 30.5 Å². The number of nitrogens with zero attached hydrogens (tertiary/aromatic N) is 4. The molecule has 11 heteroatoms. The van der Waals surface area contributed by atoms with Crippen LogP contribution < -0.4 is 9.64 Å². The Morgan fingerprint density at radius 1 is 1.38 bits per heavy atom. The van der Waals surface area contributed by atoms with E-state index in [1.54, 1.807) is 14.1 Å². The summed E-state index contributed by atoms with van der Waals surface area (Å²) in [6.07, 6.45) is -4.18. The summed E-state index contributed by atoms with van der Waals surface area (Å²) >= 11 is 0. The maximum Gasteiger partial charge on any atom is 0.416 e. The third-order valence-corrected chi connectivity index (χ3v) is 3.53. The quantitative estimate of drug-likeness (QED) is 0.590. The van der Waals surface area contributed by atoms with E-state index in [1.807, 2.05) is 0 Å². The summed E-state index contributed by atoms with van der Waals surface area (Å²) in [5.41, 5.74) is -0.798. The van der Waals surface area contributed by atoms with Gasteiger partial charge in [-0.2, -0.15) is 13.2 Å². The van der Waals surface area contributed by atoms with Crippen LogP contribution in [0.5, 0.6) is 5.75 Å². The van der Waals surface area contributed by atoms with E-state index in [2.05, 4.69) is 4.98 Å². The Labute approximate surface area is 146 Å². The third-order valence-electron chi connectivity index (χ3n) is 3.53. The van der Waals surface area contributed by atoms with Gasteiger partial charge >= 0.3 is 12.0 Å². The Bertz CT molecular complexity index is 761. The monoisotopic (exact) mass is 374 g/mol. The summed E-state index contributed by atoms with van der Waals surface area (Å²) in [6.45, 7) is -0.192. The number of hydrogen-bond donors (Lipinski definition) is 1. The van der Waals surface area contributed by atoms with Crippen molar-refractivity contribution in [2.45, 2.75) is 12.3 Å². The van der Waals surface area contributed by atoms with E-state index >= 15 is 0 Å². The highest BCUT2D eigenvalue weighted by atomic mass is 19.4. The zero-order valence-corrected chi connectivity index (χ0v) is 14.0. The SMILES string of the molecule is CN(CC(O)COc1ccc(C(F)(F)F)cc1)c1c([N+](=O)[O-])ncn1C. The predicted octanol–water partition coefficient (Wildman–Crippen LogP) is 2.22. The van der Waals surface area contributed by atoms with E-state index < -0.39 is 22.8 Å². The number of anilines is 1. The highest BCUT2D eigenvalue weighted by molar-refractivity contribution is 5.54. The van der Waals surface area contributed by atoms with Crippen LogP contribution in [-0.4, -0.2) is 45.9 Å². The van der Waals surface area contributed by atoms with Crippen LogP contribution in [0.25, 0.3) is 0 Å². The van der Waals surface area contributed by atoms with Gasteiger partial charge in [-0.1, -0.05) is 0 Å². The first kappa shape index (κ1) is 19.5. The minimum Gasteiger partial charge on any atom is -0.491 e. The van der Waals surface area contributed by atoms with Crippen LogP contribution in [-0.2, 0) is 13.2 Å². The maximum absolute atomic E-state index is 12.5. The molecule has 1 N–H and O–H groups in total. The van der Waals surface area contributed by atoms with Gasteiger partial charge in [-0.05, 0) is 34.2 Å². The molecular weight excluding hydrogens is 357 g/mol. The number of aromatic nitrogens is 2. The summed E-state index contributed by atoms with van der Waals surface area (Å²) in [5, 5.41) is 21.0. The molecule has 8 nitrogen and oxygen atoms in total. The molecule has 26 heavy (non-hydrogen) atoms. The molecule has 0 saturated carbocycles. The molecule has 1 aromatic heterocycles. The average Bonchev–Trinajstić information content (AvgIpc) is 2.94. The van der Waals surface area contributed by atoms with Crippen molar-refractivity contribution in [1.29, 1.82) is 0 Å². The molecule has 0 fully saturated rings. The molecule has 1 heterocycles. The lowest BCUT2D eigenvalue weighted by Crippen LogP contribution is -2.34. The summed E-state index contributed by atoms with van der Waals surface area (Å²) in [6, 6.07) is 4.08. The van der Waals surface area contributed by atoms with E-state index in [0.29, 0.717) is 0 Å². The Hall–Kier alpha value is -2.82. The Morgan fingerprint density at radius 3 is 2.54 bits per heavy atom. The molecule has 0 amide bonds. The molecule has 1 unspecified atom stereocenters. The Morgan fingerprint density at radius 2 is 2.00 bits per heavy atom. The van der Waals surface area contributed by atoms with Crippen LogP contribution in [0, 0.1) is 10.1 Å². The van der Waals surface area contributed by atoms with Crippen molar-refractivity contribution < 1.29 is 27.9 Å². The normalized spacial score (nSPS) is 12.7. The summed E-state index contributed by atoms with van der Waals surface area (Å²) in [4.78, 5) is 15.5. The molecule has 0 saturated heterocycles. The number of benzene rings is 1. The zero-order chi connectivity index (χ0) is 19.5. The van der Waals surface area contributed by atoms with Crippen LogP contribution in [0.15, 0.2) is 30.6 Å². The topological polar surface area (TPSA) is 93.7 Å². The van der Waals surface area contributed by atoms with E-state index in [9.17, 15) is 28.4 Å². The van der Waals surface area contributed by atoms with Crippen molar-refractivity contribution in [3.8, 4) is 5.75 Å². The lowest BCUT2D eigenvalue weighted by atomic mass is 10.2. The van der Waals surface area contributed by atoms with Crippen LogP contribution in [0.2, 0.25) is 0 Å². The third kappa shape index (κ3) is 4.63. The summed E-state index contributed by atoms with van der Waals surface area (Å²) in [5.74, 6) is 0.0423. The average molecular weight is 374 g/mol. The molecule has 0 spiro atoms. The van der Waals surface area contributed by atoms with Gasteiger partial charge in [0, 0.05) is 20.6 Å². The fourth-order valence-electron chi connectivity index (χ4n) is 2.37. The number of nitro groups is 1. The predicted molar refractivity (Wildman–Crippen MR) is 86.1 cm³/mol. The number of likely N-dealkylation sites (N-methyl/N-ethyl adjacent to an activating group) is 1. The van der Waals surface area contributed by atoms with Crippen LogP contribution in [0.1, 0.15) is 5.56 Å². The van der Waals surface area contributed by atoms with Gasteiger partial charge in [-0.15, -0.1) is 0 Å². The molecule has 2 rings (SSSR count). The minimum absolute atomic E-state index is 0.00100. The molecule has 2 aromatic rings. The van der Waals surface area contributed by atoms with Gasteiger partial charge in [0.15, 0.2) is 0 Å². The first-order valence-corrected chi connectivity index (χ1v) is 7.44. The molecule has 0 bridgehead atoms. The van der Waals surface area contributed by atoms with Gasteiger partial charge in [-0.3, -0.25) is 4.57 Å². The van der Waals surface area contributed by atoms with Gasteiger partial charge in [0.05, 0.1) is 5.56 Å². The van der Waals surface area contributed by atoms with Gasteiger partial charge in [0.25, 0.3) is 0 Å². The van der Waals surface area contributed by atoms with Gasteiger partial charge in [0.2, 0.25) is 12.1 Å². The number of ether oxygens (including phenoxy) is 1. The van der Waals surface area contributed by atoms with Crippen molar-refractivity contribution >= 4 is 11.6 Å². The second-order valence-electron chi connectivity index (χ2n) is 5.63. The zero-order valence-electron chi connectivity index (χ0n) is 14.0. The Balaban J connectivity index is 1.94. The number of rotatable bonds is 7. The van der Waals surface area contributed by atoms with E-state index in [4.69, 9.17) is 4.74 Å². The second kappa shape index (κ2) is 7.60. The highest BCUT2D eigenvalue weighted by Crippen LogP contribution is 2.30. The lowest BCUT2D eigenvalue weighted by molar-refractivity contribution is -0.388. The summed E-state index contributed by atoms with van der Waals surface area (Å²) < 4.78 is 44.2. The number of imidazole rings is 1. The molecule has 1 atom stereocenters. The van der Waals surface area contributed by atoms with Crippen molar-refractivity contribution in [2.75, 3.05) is 25.1 Å². The fraction of sp³-hybridized carbons (Fsp3) is 0.400. The Kier molecular flexibility index (Phi) is 5.70. The molecule has 0 aliphatic rings. The number of aliphatic hydroxyl groups excluding tert-OH is 1. The van der Waals surface area contributed by atoms with Crippen molar-refractivity contribution in [1.82, 2.24) is 9.55 Å². The highest BCUT2D eigenvalue weighted by Gasteiger charge is 2.30. The first-order chi connectivity index (χ1) is 12.1. The van der Waals surface area contributed by atoms with E-state index in [0.717, 1.165) is 24.3 Å².